The van der Waals surface area contributed by atoms with E-state index in [0.29, 0.717) is 5.56 Å². The Bertz CT molecular complexity index is 396. The van der Waals surface area contributed by atoms with Crippen molar-refractivity contribution in [1.82, 2.24) is 5.32 Å². The molecule has 0 aliphatic heterocycles. The van der Waals surface area contributed by atoms with Gasteiger partial charge < -0.3 is 20.3 Å². The smallest absolute Gasteiger partial charge is 0.415 e. The lowest BCUT2D eigenvalue weighted by Crippen LogP contribution is -2.38. The van der Waals surface area contributed by atoms with E-state index >= 15 is 0 Å². The van der Waals surface area contributed by atoms with E-state index in [0.717, 1.165) is 0 Å². The van der Waals surface area contributed by atoms with E-state index in [-0.39, 0.29) is 18.0 Å². The third kappa shape index (κ3) is 4.08. The normalized spacial score (nSPS) is 13.4. The fourth-order valence-corrected chi connectivity index (χ4v) is 1.30. The molecule has 1 aromatic carbocycles. The number of methoxy groups -OCH3 is 1. The van der Waals surface area contributed by atoms with Gasteiger partial charge in [0, 0.05) is 13.1 Å². The van der Waals surface area contributed by atoms with Crippen molar-refractivity contribution in [2.24, 2.45) is 0 Å². The summed E-state index contributed by atoms with van der Waals surface area (Å²) >= 11 is 0. The summed E-state index contributed by atoms with van der Waals surface area (Å²) in [5.41, 5.74) is 0.638. The summed E-state index contributed by atoms with van der Waals surface area (Å²) in [5, 5.41) is 20.5. The number of halogens is 3. The molecule has 0 radical (unpaired) electrons. The fourth-order valence-electron chi connectivity index (χ4n) is 1.30. The van der Waals surface area contributed by atoms with Gasteiger partial charge >= 0.3 is 6.18 Å². The number of alkyl halides is 3. The number of nitrogens with one attached hydrogen (secondary N) is 1. The van der Waals surface area contributed by atoms with E-state index in [9.17, 15) is 18.3 Å². The molecule has 0 saturated heterocycles. The molecule has 0 heterocycles. The zero-order valence-corrected chi connectivity index (χ0v) is 9.66. The Kier molecular flexibility index (Phi) is 4.80. The van der Waals surface area contributed by atoms with E-state index < -0.39 is 18.8 Å². The lowest BCUT2D eigenvalue weighted by Gasteiger charge is -2.15. The van der Waals surface area contributed by atoms with Gasteiger partial charge in [0.05, 0.1) is 7.11 Å². The molecule has 0 spiro atoms. The fraction of sp³-hybridized carbons (Fsp3) is 0.455. The van der Waals surface area contributed by atoms with Crippen molar-refractivity contribution in [2.45, 2.75) is 18.8 Å². The first kappa shape index (κ1) is 14.6. The number of phenolic OH excluding ortho intramolecular Hbond substituents is 1. The van der Waals surface area contributed by atoms with Crippen LogP contribution < -0.4 is 10.1 Å². The van der Waals surface area contributed by atoms with Crippen LogP contribution in [0.3, 0.4) is 0 Å². The van der Waals surface area contributed by atoms with Crippen LogP contribution in [0.15, 0.2) is 18.2 Å². The summed E-state index contributed by atoms with van der Waals surface area (Å²) < 4.78 is 40.9. The first-order valence-corrected chi connectivity index (χ1v) is 5.16. The van der Waals surface area contributed by atoms with Crippen LogP contribution in [0.4, 0.5) is 13.2 Å². The van der Waals surface area contributed by atoms with Crippen LogP contribution >= 0.6 is 0 Å². The molecule has 0 saturated carbocycles. The predicted molar refractivity (Wildman–Crippen MR) is 58.4 cm³/mol. The maximum absolute atomic E-state index is 12.0. The highest BCUT2D eigenvalue weighted by molar-refractivity contribution is 5.41. The van der Waals surface area contributed by atoms with E-state index in [1.165, 1.54) is 19.2 Å². The molecule has 3 N–H and O–H groups in total. The summed E-state index contributed by atoms with van der Waals surface area (Å²) in [7, 11) is 1.37. The summed E-state index contributed by atoms with van der Waals surface area (Å²) in [4.78, 5) is 0. The van der Waals surface area contributed by atoms with Gasteiger partial charge in [0.1, 0.15) is 0 Å². The van der Waals surface area contributed by atoms with Crippen LogP contribution in [0.25, 0.3) is 0 Å². The van der Waals surface area contributed by atoms with Crippen LogP contribution in [0.1, 0.15) is 5.56 Å². The van der Waals surface area contributed by atoms with Crippen molar-refractivity contribution in [3.8, 4) is 11.5 Å². The Hall–Kier alpha value is -1.47. The van der Waals surface area contributed by atoms with Gasteiger partial charge in [-0.05, 0) is 17.7 Å². The number of rotatable bonds is 5. The minimum Gasteiger partial charge on any atom is -0.504 e. The average molecular weight is 265 g/mol. The molecule has 1 atom stereocenters. The first-order valence-electron chi connectivity index (χ1n) is 5.16. The summed E-state index contributed by atoms with van der Waals surface area (Å²) in [6, 6.07) is 4.43. The van der Waals surface area contributed by atoms with Crippen LogP contribution in [-0.2, 0) is 6.54 Å². The van der Waals surface area contributed by atoms with Crippen LogP contribution in [-0.4, -0.2) is 36.1 Å². The third-order valence-corrected chi connectivity index (χ3v) is 2.29. The van der Waals surface area contributed by atoms with Gasteiger partial charge in [0.25, 0.3) is 0 Å². The molecule has 7 heteroatoms. The molecular formula is C11H14F3NO3. The van der Waals surface area contributed by atoms with Gasteiger partial charge in [-0.15, -0.1) is 0 Å². The van der Waals surface area contributed by atoms with Gasteiger partial charge in [-0.1, -0.05) is 6.07 Å². The molecule has 1 unspecified atom stereocenters. The number of benzene rings is 1. The van der Waals surface area contributed by atoms with Crippen molar-refractivity contribution < 1.29 is 28.1 Å². The summed E-state index contributed by atoms with van der Waals surface area (Å²) in [6.07, 6.45) is -7.02. The van der Waals surface area contributed by atoms with Gasteiger partial charge in [-0.3, -0.25) is 0 Å². The second kappa shape index (κ2) is 5.92. The largest absolute Gasteiger partial charge is 0.504 e. The molecule has 0 aromatic heterocycles. The highest BCUT2D eigenvalue weighted by Gasteiger charge is 2.37. The average Bonchev–Trinajstić information content (AvgIpc) is 2.30. The van der Waals surface area contributed by atoms with E-state index in [2.05, 4.69) is 5.32 Å². The zero-order valence-electron chi connectivity index (χ0n) is 9.66. The minimum atomic E-state index is -4.63. The van der Waals surface area contributed by atoms with Crippen LogP contribution in [0.2, 0.25) is 0 Å². The molecule has 1 aromatic rings. The summed E-state index contributed by atoms with van der Waals surface area (Å²) in [6.45, 7) is -0.462. The zero-order chi connectivity index (χ0) is 13.8. The lowest BCUT2D eigenvalue weighted by atomic mass is 10.2. The standard InChI is InChI=1S/C11H14F3NO3/c1-18-9-4-7(2-3-8(9)16)5-15-6-10(17)11(12,13)14/h2-4,10,15-17H,5-6H2,1H3. The van der Waals surface area contributed by atoms with Gasteiger partial charge in [0.2, 0.25) is 0 Å². The number of aromatic hydroxyl groups is 1. The number of ether oxygens (including phenoxy) is 1. The second-order valence-corrected chi connectivity index (χ2v) is 3.69. The number of aliphatic hydroxyl groups is 1. The Morgan fingerprint density at radius 1 is 1.39 bits per heavy atom. The van der Waals surface area contributed by atoms with Gasteiger partial charge in [-0.2, -0.15) is 13.2 Å². The summed E-state index contributed by atoms with van der Waals surface area (Å²) in [5.74, 6) is 0.197. The Morgan fingerprint density at radius 3 is 2.61 bits per heavy atom. The van der Waals surface area contributed by atoms with Crippen molar-refractivity contribution in [2.75, 3.05) is 13.7 Å². The molecule has 0 fully saturated rings. The quantitative estimate of drug-likeness (QED) is 0.753. The van der Waals surface area contributed by atoms with Crippen LogP contribution in [0.5, 0.6) is 11.5 Å². The number of hydrogen-bond donors (Lipinski definition) is 3. The van der Waals surface area contributed by atoms with E-state index in [4.69, 9.17) is 9.84 Å². The second-order valence-electron chi connectivity index (χ2n) is 3.69. The highest BCUT2D eigenvalue weighted by atomic mass is 19.4. The minimum absolute atomic E-state index is 0.0448. The SMILES string of the molecule is COc1cc(CNCC(O)C(F)(F)F)ccc1O. The van der Waals surface area contributed by atoms with Crippen molar-refractivity contribution in [3.05, 3.63) is 23.8 Å². The van der Waals surface area contributed by atoms with Crippen molar-refractivity contribution in [1.29, 1.82) is 0 Å². The van der Waals surface area contributed by atoms with Gasteiger partial charge in [0.15, 0.2) is 17.6 Å². The third-order valence-electron chi connectivity index (χ3n) is 2.29. The first-order chi connectivity index (χ1) is 8.34. The number of hydrogen-bond acceptors (Lipinski definition) is 4. The molecular weight excluding hydrogens is 251 g/mol. The maximum atomic E-state index is 12.0. The Balaban J connectivity index is 2.49. The topological polar surface area (TPSA) is 61.7 Å². The van der Waals surface area contributed by atoms with E-state index in [1.807, 2.05) is 0 Å². The molecule has 0 aliphatic rings. The van der Waals surface area contributed by atoms with E-state index in [1.54, 1.807) is 6.07 Å². The Labute approximate surface area is 102 Å². The van der Waals surface area contributed by atoms with Gasteiger partial charge in [-0.25, -0.2) is 0 Å². The maximum Gasteiger partial charge on any atom is 0.415 e. The highest BCUT2D eigenvalue weighted by Crippen LogP contribution is 2.26. The molecule has 0 amide bonds. The number of aliphatic hydroxyl groups excluding tert-OH is 1. The predicted octanol–water partition coefficient (Wildman–Crippen LogP) is 1.41. The molecule has 0 bridgehead atoms. The lowest BCUT2D eigenvalue weighted by molar-refractivity contribution is -0.201. The molecule has 18 heavy (non-hydrogen) atoms. The van der Waals surface area contributed by atoms with Crippen molar-refractivity contribution in [3.63, 3.8) is 0 Å². The molecule has 0 aliphatic carbocycles. The monoisotopic (exact) mass is 265 g/mol. The van der Waals surface area contributed by atoms with Crippen molar-refractivity contribution >= 4 is 0 Å². The van der Waals surface area contributed by atoms with Crippen LogP contribution in [0, 0.1) is 0 Å². The molecule has 1 rings (SSSR count). The number of phenols is 1. The molecule has 4 nitrogen and oxygen atoms in total. The molecule has 102 valence electrons. The Morgan fingerprint density at radius 2 is 2.06 bits per heavy atom.